The summed E-state index contributed by atoms with van der Waals surface area (Å²) < 4.78 is 6.74. The lowest BCUT2D eigenvalue weighted by atomic mass is 10.3. The van der Waals surface area contributed by atoms with E-state index < -0.39 is 6.10 Å². The Morgan fingerprint density at radius 1 is 1.23 bits per heavy atom. The van der Waals surface area contributed by atoms with E-state index in [9.17, 15) is 5.11 Å². The Morgan fingerprint density at radius 3 is 2.77 bits per heavy atom. The molecule has 0 saturated heterocycles. The monoisotopic (exact) mass is 377 g/mol. The first-order chi connectivity index (χ1) is 10.7. The number of hydrogen-bond donors (Lipinski definition) is 2. The molecular formula is C15H12BrN3O2S. The molecule has 112 valence electrons. The molecule has 2 aromatic heterocycles. The minimum Gasteiger partial charge on any atom is -0.450 e. The van der Waals surface area contributed by atoms with Crippen LogP contribution in [0.2, 0.25) is 0 Å². The lowest BCUT2D eigenvalue weighted by Crippen LogP contribution is -1.95. The Labute approximate surface area is 139 Å². The molecule has 2 N–H and O–H groups in total. The molecule has 1 aromatic carbocycles. The number of rotatable bonds is 5. The van der Waals surface area contributed by atoms with Crippen molar-refractivity contribution in [2.45, 2.75) is 16.1 Å². The van der Waals surface area contributed by atoms with Crippen LogP contribution >= 0.6 is 27.7 Å². The highest BCUT2D eigenvalue weighted by atomic mass is 79.9. The minimum atomic E-state index is -0.838. The second-order valence-corrected chi connectivity index (χ2v) is 6.38. The third kappa shape index (κ3) is 3.88. The zero-order valence-corrected chi connectivity index (χ0v) is 13.7. The average Bonchev–Trinajstić information content (AvgIpc) is 3.19. The van der Waals surface area contributed by atoms with Crippen molar-refractivity contribution in [2.24, 2.45) is 0 Å². The number of H-pyrrole nitrogens is 1. The van der Waals surface area contributed by atoms with Crippen LogP contribution in [0.15, 0.2) is 67.7 Å². The summed E-state index contributed by atoms with van der Waals surface area (Å²) in [6.45, 7) is 0. The summed E-state index contributed by atoms with van der Waals surface area (Å²) in [5.41, 5.74) is 0. The van der Waals surface area contributed by atoms with Gasteiger partial charge in [-0.15, -0.1) is 0 Å². The van der Waals surface area contributed by atoms with Crippen molar-refractivity contribution in [3.8, 4) is 0 Å². The van der Waals surface area contributed by atoms with Gasteiger partial charge in [-0.05, 0) is 48.6 Å². The lowest BCUT2D eigenvalue weighted by molar-refractivity contribution is 0.219. The third-order valence-electron chi connectivity index (χ3n) is 2.79. The van der Waals surface area contributed by atoms with E-state index in [2.05, 4.69) is 31.1 Å². The molecule has 3 aromatic rings. The van der Waals surface area contributed by atoms with Gasteiger partial charge in [0.25, 0.3) is 0 Å². The zero-order chi connectivity index (χ0) is 15.4. The molecule has 5 nitrogen and oxygen atoms in total. The predicted molar refractivity (Wildman–Crippen MR) is 87.3 cm³/mol. The minimum absolute atomic E-state index is 0.396. The Bertz CT molecular complexity index is 753. The molecule has 1 atom stereocenters. The summed E-state index contributed by atoms with van der Waals surface area (Å²) in [5, 5.41) is 17.0. The molecule has 3 rings (SSSR count). The number of halogens is 1. The largest absolute Gasteiger partial charge is 0.450 e. The van der Waals surface area contributed by atoms with Gasteiger partial charge in [0.1, 0.15) is 18.2 Å². The van der Waals surface area contributed by atoms with Gasteiger partial charge in [0.2, 0.25) is 0 Å². The standard InChI is InChI=1S/C15H12BrN3O2S/c16-10-1-5-12(6-2-10)22-14-8-4-11(21-14)3-7-13(20)15-17-9-18-19-15/h1-9,13,20H,(H,17,18,19). The molecule has 0 aliphatic carbocycles. The van der Waals surface area contributed by atoms with Crippen molar-refractivity contribution in [2.75, 3.05) is 0 Å². The summed E-state index contributed by atoms with van der Waals surface area (Å²) in [5.74, 6) is 1.06. The van der Waals surface area contributed by atoms with Crippen molar-refractivity contribution in [1.82, 2.24) is 15.2 Å². The summed E-state index contributed by atoms with van der Waals surface area (Å²) >= 11 is 4.94. The maximum absolute atomic E-state index is 9.87. The van der Waals surface area contributed by atoms with Gasteiger partial charge in [-0.2, -0.15) is 5.10 Å². The van der Waals surface area contributed by atoms with Crippen LogP contribution in [0.25, 0.3) is 6.08 Å². The van der Waals surface area contributed by atoms with E-state index in [0.717, 1.165) is 14.5 Å². The van der Waals surface area contributed by atoms with E-state index in [1.54, 1.807) is 12.2 Å². The van der Waals surface area contributed by atoms with Crippen LogP contribution in [0, 0.1) is 0 Å². The Kier molecular flexibility index (Phi) is 4.77. The normalized spacial score (nSPS) is 12.8. The molecule has 0 saturated carbocycles. The van der Waals surface area contributed by atoms with Crippen molar-refractivity contribution in [1.29, 1.82) is 0 Å². The summed E-state index contributed by atoms with van der Waals surface area (Å²) in [6, 6.07) is 11.7. The number of hydrogen-bond acceptors (Lipinski definition) is 5. The van der Waals surface area contributed by atoms with Crippen molar-refractivity contribution >= 4 is 33.8 Å². The Balaban J connectivity index is 1.64. The number of aromatic amines is 1. The number of furan rings is 1. The average molecular weight is 378 g/mol. The lowest BCUT2D eigenvalue weighted by Gasteiger charge is -1.99. The van der Waals surface area contributed by atoms with Gasteiger partial charge in [-0.1, -0.05) is 27.7 Å². The third-order valence-corrected chi connectivity index (χ3v) is 4.25. The van der Waals surface area contributed by atoms with Crippen LogP contribution < -0.4 is 0 Å². The molecule has 2 heterocycles. The quantitative estimate of drug-likeness (QED) is 0.701. The molecule has 0 radical (unpaired) electrons. The first-order valence-corrected chi connectivity index (χ1v) is 8.06. The highest BCUT2D eigenvalue weighted by Crippen LogP contribution is 2.30. The molecular weight excluding hydrogens is 366 g/mol. The molecule has 0 spiro atoms. The number of aromatic nitrogens is 3. The number of nitrogens with zero attached hydrogens (tertiary/aromatic N) is 2. The van der Waals surface area contributed by atoms with E-state index in [1.807, 2.05) is 36.4 Å². The van der Waals surface area contributed by atoms with Gasteiger partial charge in [-0.3, -0.25) is 5.10 Å². The zero-order valence-electron chi connectivity index (χ0n) is 11.3. The molecule has 0 fully saturated rings. The summed E-state index contributed by atoms with van der Waals surface area (Å²) in [7, 11) is 0. The van der Waals surface area contributed by atoms with Crippen LogP contribution in [0.3, 0.4) is 0 Å². The SMILES string of the molecule is OC(C=Cc1ccc(Sc2ccc(Br)cc2)o1)c1ncn[nH]1. The molecule has 0 amide bonds. The fourth-order valence-corrected chi connectivity index (χ4v) is 2.77. The Morgan fingerprint density at radius 2 is 2.05 bits per heavy atom. The van der Waals surface area contributed by atoms with Crippen molar-refractivity contribution in [3.05, 3.63) is 64.9 Å². The fraction of sp³-hybridized carbons (Fsp3) is 0.0667. The van der Waals surface area contributed by atoms with Crippen LogP contribution in [0.4, 0.5) is 0 Å². The molecule has 22 heavy (non-hydrogen) atoms. The van der Waals surface area contributed by atoms with Gasteiger partial charge in [0.15, 0.2) is 10.9 Å². The van der Waals surface area contributed by atoms with Gasteiger partial charge in [-0.25, -0.2) is 4.98 Å². The second kappa shape index (κ2) is 6.95. The number of benzene rings is 1. The van der Waals surface area contributed by atoms with Gasteiger partial charge < -0.3 is 9.52 Å². The van der Waals surface area contributed by atoms with Gasteiger partial charge in [0.05, 0.1) is 0 Å². The van der Waals surface area contributed by atoms with Gasteiger partial charge in [0, 0.05) is 9.37 Å². The summed E-state index contributed by atoms with van der Waals surface area (Å²) in [6.07, 6.45) is 3.81. The van der Waals surface area contributed by atoms with E-state index in [0.29, 0.717) is 11.6 Å². The van der Waals surface area contributed by atoms with E-state index >= 15 is 0 Å². The smallest absolute Gasteiger partial charge is 0.165 e. The van der Waals surface area contributed by atoms with E-state index in [1.165, 1.54) is 18.1 Å². The number of aliphatic hydroxyl groups is 1. The van der Waals surface area contributed by atoms with Crippen molar-refractivity contribution in [3.63, 3.8) is 0 Å². The van der Waals surface area contributed by atoms with Crippen LogP contribution in [-0.2, 0) is 0 Å². The molecule has 1 unspecified atom stereocenters. The number of nitrogens with one attached hydrogen (secondary N) is 1. The van der Waals surface area contributed by atoms with E-state index in [4.69, 9.17) is 4.42 Å². The summed E-state index contributed by atoms with van der Waals surface area (Å²) in [4.78, 5) is 4.98. The van der Waals surface area contributed by atoms with Gasteiger partial charge >= 0.3 is 0 Å². The highest BCUT2D eigenvalue weighted by molar-refractivity contribution is 9.10. The predicted octanol–water partition coefficient (Wildman–Crippen LogP) is 4.06. The topological polar surface area (TPSA) is 74.9 Å². The van der Waals surface area contributed by atoms with Crippen LogP contribution in [-0.4, -0.2) is 20.3 Å². The first-order valence-electron chi connectivity index (χ1n) is 6.45. The molecule has 7 heteroatoms. The second-order valence-electron chi connectivity index (χ2n) is 4.39. The van der Waals surface area contributed by atoms with Crippen LogP contribution in [0.1, 0.15) is 17.7 Å². The molecule has 0 aliphatic heterocycles. The maximum atomic E-state index is 9.87. The Hall–Kier alpha value is -1.83. The van der Waals surface area contributed by atoms with Crippen molar-refractivity contribution < 1.29 is 9.52 Å². The fourth-order valence-electron chi connectivity index (χ4n) is 1.73. The van der Waals surface area contributed by atoms with E-state index in [-0.39, 0.29) is 0 Å². The highest BCUT2D eigenvalue weighted by Gasteiger charge is 2.07. The van der Waals surface area contributed by atoms with Crippen LogP contribution in [0.5, 0.6) is 0 Å². The number of aliphatic hydroxyl groups excluding tert-OH is 1. The molecule has 0 aliphatic rings. The first kappa shape index (κ1) is 15.1. The maximum Gasteiger partial charge on any atom is 0.165 e. The molecule has 0 bridgehead atoms.